The molecule has 1 aliphatic heterocycles. The Balaban J connectivity index is 1.45. The molecule has 2 N–H and O–H groups in total. The smallest absolute Gasteiger partial charge is 0.246 e. The van der Waals surface area contributed by atoms with Gasteiger partial charge in [0.2, 0.25) is 11.7 Å². The minimum absolute atomic E-state index is 0.426. The Hall–Kier alpha value is -2.12. The molecule has 8 heteroatoms. The fraction of sp³-hybridized carbons (Fsp3) is 0.550. The monoisotopic (exact) mass is 404 g/mol. The number of aromatic nitrogens is 2. The summed E-state index contributed by atoms with van der Waals surface area (Å²) in [5.41, 5.74) is 0.872. The fourth-order valence-electron chi connectivity index (χ4n) is 3.27. The summed E-state index contributed by atoms with van der Waals surface area (Å²) in [5.74, 6) is 1.83. The van der Waals surface area contributed by atoms with Crippen LogP contribution in [0.5, 0.6) is 0 Å². The lowest BCUT2D eigenvalue weighted by Crippen LogP contribution is -2.48. The Morgan fingerprint density at radius 2 is 2.04 bits per heavy atom. The van der Waals surface area contributed by atoms with Gasteiger partial charge >= 0.3 is 0 Å². The van der Waals surface area contributed by atoms with Crippen LogP contribution in [-0.2, 0) is 6.54 Å². The number of piperidine rings is 1. The van der Waals surface area contributed by atoms with Crippen molar-refractivity contribution in [1.29, 1.82) is 0 Å². The highest BCUT2D eigenvalue weighted by atomic mass is 35.5. The fourth-order valence-corrected chi connectivity index (χ4v) is 3.40. The van der Waals surface area contributed by atoms with Crippen molar-refractivity contribution < 1.29 is 4.52 Å². The van der Waals surface area contributed by atoms with Gasteiger partial charge in [-0.2, -0.15) is 4.98 Å². The lowest BCUT2D eigenvalue weighted by atomic mass is 10.0. The highest BCUT2D eigenvalue weighted by Crippen LogP contribution is 2.18. The van der Waals surface area contributed by atoms with E-state index in [4.69, 9.17) is 16.1 Å². The predicted molar refractivity (Wildman–Crippen MR) is 112 cm³/mol. The number of hydrogen-bond donors (Lipinski definition) is 2. The van der Waals surface area contributed by atoms with E-state index in [1.54, 1.807) is 7.05 Å². The minimum atomic E-state index is 0.426. The van der Waals surface area contributed by atoms with Gasteiger partial charge in [-0.1, -0.05) is 30.1 Å². The lowest BCUT2D eigenvalue weighted by molar-refractivity contribution is 0.203. The van der Waals surface area contributed by atoms with Gasteiger partial charge in [-0.05, 0) is 50.1 Å². The van der Waals surface area contributed by atoms with E-state index in [2.05, 4.69) is 37.6 Å². The molecule has 0 saturated carbocycles. The Bertz CT molecular complexity index is 752. The van der Waals surface area contributed by atoms with Crippen LogP contribution in [-0.4, -0.2) is 53.7 Å². The normalized spacial score (nSPS) is 16.3. The molecular formula is C20H29ClN6O. The van der Waals surface area contributed by atoms with Crippen molar-refractivity contribution in [1.82, 2.24) is 25.7 Å². The average Bonchev–Trinajstić information content (AvgIpc) is 3.20. The summed E-state index contributed by atoms with van der Waals surface area (Å²) in [6, 6.07) is 7.81. The Labute approximate surface area is 171 Å². The van der Waals surface area contributed by atoms with Gasteiger partial charge in [0.15, 0.2) is 5.96 Å². The SMILES string of the molecule is CCCCN1CCC(NC(=NC)NCc2nc(-c3ccc(Cl)cc3)no2)CC1. The first-order valence-electron chi connectivity index (χ1n) is 9.96. The summed E-state index contributed by atoms with van der Waals surface area (Å²) in [4.78, 5) is 11.3. The highest BCUT2D eigenvalue weighted by Gasteiger charge is 2.19. The van der Waals surface area contributed by atoms with E-state index >= 15 is 0 Å². The molecule has 0 atom stereocenters. The molecule has 1 fully saturated rings. The highest BCUT2D eigenvalue weighted by molar-refractivity contribution is 6.30. The second kappa shape index (κ2) is 10.4. The molecule has 2 aromatic rings. The van der Waals surface area contributed by atoms with Crippen LogP contribution in [0.2, 0.25) is 5.02 Å². The van der Waals surface area contributed by atoms with Crippen molar-refractivity contribution >= 4 is 17.6 Å². The van der Waals surface area contributed by atoms with Crippen molar-refractivity contribution in [3.05, 3.63) is 35.2 Å². The Morgan fingerprint density at radius 1 is 1.29 bits per heavy atom. The number of nitrogens with one attached hydrogen (secondary N) is 2. The zero-order chi connectivity index (χ0) is 19.8. The molecule has 1 aromatic heterocycles. The van der Waals surface area contributed by atoms with Crippen LogP contribution in [0.4, 0.5) is 0 Å². The van der Waals surface area contributed by atoms with E-state index in [1.165, 1.54) is 19.4 Å². The molecule has 0 amide bonds. The maximum absolute atomic E-state index is 5.92. The van der Waals surface area contributed by atoms with Crippen molar-refractivity contribution in [2.24, 2.45) is 4.99 Å². The number of hydrogen-bond acceptors (Lipinski definition) is 5. The second-order valence-electron chi connectivity index (χ2n) is 7.06. The largest absolute Gasteiger partial charge is 0.354 e. The number of likely N-dealkylation sites (tertiary alicyclic amines) is 1. The third kappa shape index (κ3) is 5.94. The van der Waals surface area contributed by atoms with Crippen LogP contribution >= 0.6 is 11.6 Å². The molecular weight excluding hydrogens is 376 g/mol. The zero-order valence-electron chi connectivity index (χ0n) is 16.6. The first kappa shape index (κ1) is 20.6. The van der Waals surface area contributed by atoms with Gasteiger partial charge in [0.05, 0.1) is 6.54 Å². The molecule has 0 spiro atoms. The molecule has 1 aromatic carbocycles. The first-order valence-corrected chi connectivity index (χ1v) is 10.3. The molecule has 0 radical (unpaired) electrons. The summed E-state index contributed by atoms with van der Waals surface area (Å²) in [5, 5.41) is 11.5. The van der Waals surface area contributed by atoms with Crippen LogP contribution < -0.4 is 10.6 Å². The minimum Gasteiger partial charge on any atom is -0.354 e. The van der Waals surface area contributed by atoms with E-state index in [9.17, 15) is 0 Å². The summed E-state index contributed by atoms with van der Waals surface area (Å²) >= 11 is 5.92. The van der Waals surface area contributed by atoms with Gasteiger partial charge in [0, 0.05) is 36.8 Å². The van der Waals surface area contributed by atoms with Crippen LogP contribution in [0.25, 0.3) is 11.4 Å². The van der Waals surface area contributed by atoms with Crippen molar-refractivity contribution in [2.75, 3.05) is 26.7 Å². The molecule has 0 unspecified atom stereocenters. The van der Waals surface area contributed by atoms with E-state index in [0.29, 0.717) is 29.3 Å². The summed E-state index contributed by atoms with van der Waals surface area (Å²) < 4.78 is 5.34. The van der Waals surface area contributed by atoms with Gasteiger partial charge in [-0.25, -0.2) is 0 Å². The standard InChI is InChI=1S/C20H29ClN6O/c1-3-4-11-27-12-9-17(10-13-27)24-20(22-2)23-14-18-25-19(26-28-18)15-5-7-16(21)8-6-15/h5-8,17H,3-4,9-14H2,1-2H3,(H2,22,23,24). The third-order valence-electron chi connectivity index (χ3n) is 4.96. The zero-order valence-corrected chi connectivity index (χ0v) is 17.4. The van der Waals surface area contributed by atoms with Crippen molar-refractivity contribution in [2.45, 2.75) is 45.2 Å². The van der Waals surface area contributed by atoms with E-state index in [0.717, 1.165) is 37.5 Å². The van der Waals surface area contributed by atoms with Crippen LogP contribution in [0.3, 0.4) is 0 Å². The van der Waals surface area contributed by atoms with E-state index in [1.807, 2.05) is 24.3 Å². The van der Waals surface area contributed by atoms with Gasteiger partial charge in [0.25, 0.3) is 0 Å². The lowest BCUT2D eigenvalue weighted by Gasteiger charge is -2.32. The topological polar surface area (TPSA) is 78.6 Å². The number of aliphatic imine (C=N–C) groups is 1. The summed E-state index contributed by atoms with van der Waals surface area (Å²) in [6.45, 7) is 6.16. The Kier molecular flexibility index (Phi) is 7.68. The predicted octanol–water partition coefficient (Wildman–Crippen LogP) is 3.32. The van der Waals surface area contributed by atoms with Crippen LogP contribution in [0.15, 0.2) is 33.8 Å². The number of unbranched alkanes of at least 4 members (excludes halogenated alkanes) is 1. The molecule has 0 bridgehead atoms. The van der Waals surface area contributed by atoms with Gasteiger partial charge in [-0.3, -0.25) is 4.99 Å². The summed E-state index contributed by atoms with van der Waals surface area (Å²) in [6.07, 6.45) is 4.80. The molecule has 2 heterocycles. The number of guanidine groups is 1. The van der Waals surface area contributed by atoms with E-state index in [-0.39, 0.29) is 0 Å². The quantitative estimate of drug-likeness (QED) is 0.544. The number of nitrogens with zero attached hydrogens (tertiary/aromatic N) is 4. The molecule has 1 aliphatic rings. The molecule has 1 saturated heterocycles. The number of halogens is 1. The second-order valence-corrected chi connectivity index (χ2v) is 7.49. The maximum atomic E-state index is 5.92. The molecule has 3 rings (SSSR count). The molecule has 7 nitrogen and oxygen atoms in total. The molecule has 152 valence electrons. The van der Waals surface area contributed by atoms with Crippen LogP contribution in [0.1, 0.15) is 38.5 Å². The van der Waals surface area contributed by atoms with Gasteiger partial charge in [0.1, 0.15) is 0 Å². The van der Waals surface area contributed by atoms with Crippen molar-refractivity contribution in [3.8, 4) is 11.4 Å². The average molecular weight is 405 g/mol. The van der Waals surface area contributed by atoms with Crippen molar-refractivity contribution in [3.63, 3.8) is 0 Å². The van der Waals surface area contributed by atoms with Crippen LogP contribution in [0, 0.1) is 0 Å². The first-order chi connectivity index (χ1) is 13.7. The number of benzene rings is 1. The Morgan fingerprint density at radius 3 is 2.71 bits per heavy atom. The number of rotatable bonds is 7. The van der Waals surface area contributed by atoms with Gasteiger partial charge in [-0.15, -0.1) is 0 Å². The summed E-state index contributed by atoms with van der Waals surface area (Å²) in [7, 11) is 1.78. The van der Waals surface area contributed by atoms with E-state index < -0.39 is 0 Å². The maximum Gasteiger partial charge on any atom is 0.246 e. The molecule has 0 aliphatic carbocycles. The molecule has 28 heavy (non-hydrogen) atoms. The third-order valence-corrected chi connectivity index (χ3v) is 5.21. The van der Waals surface area contributed by atoms with Gasteiger partial charge < -0.3 is 20.1 Å².